The van der Waals surface area contributed by atoms with Crippen LogP contribution in [0.25, 0.3) is 0 Å². The number of methoxy groups -OCH3 is 1. The highest BCUT2D eigenvalue weighted by atomic mass is 32.1. The van der Waals surface area contributed by atoms with E-state index < -0.39 is 0 Å². The number of hydrogen-bond donors (Lipinski definition) is 0. The Morgan fingerprint density at radius 3 is 2.72 bits per heavy atom. The topological polar surface area (TPSA) is 73.1 Å². The highest BCUT2D eigenvalue weighted by Gasteiger charge is 2.26. The average Bonchev–Trinajstić information content (AvgIpc) is 3.37. The highest BCUT2D eigenvalue weighted by Crippen LogP contribution is 2.38. The molecule has 1 aliphatic heterocycles. The normalized spacial score (nSPS) is 18.7. The summed E-state index contributed by atoms with van der Waals surface area (Å²) in [6.07, 6.45) is 6.19. The molecular formula is C17H23N5O2S. The monoisotopic (exact) mass is 361 g/mol. The van der Waals surface area contributed by atoms with Crippen LogP contribution in [0, 0.1) is 5.92 Å². The molecule has 1 saturated carbocycles. The molecule has 0 spiro atoms. The van der Waals surface area contributed by atoms with Crippen molar-refractivity contribution >= 4 is 16.5 Å². The number of hydrogen-bond acceptors (Lipinski definition) is 7. The van der Waals surface area contributed by atoms with Crippen molar-refractivity contribution in [3.05, 3.63) is 33.4 Å². The van der Waals surface area contributed by atoms with Crippen molar-refractivity contribution in [3.8, 4) is 0 Å². The van der Waals surface area contributed by atoms with Crippen LogP contribution in [0.3, 0.4) is 0 Å². The predicted octanol–water partition coefficient (Wildman–Crippen LogP) is 2.04. The van der Waals surface area contributed by atoms with Gasteiger partial charge in [-0.15, -0.1) is 10.2 Å². The number of rotatable bonds is 6. The summed E-state index contributed by atoms with van der Waals surface area (Å²) in [5.41, 5.74) is 1.06. The summed E-state index contributed by atoms with van der Waals surface area (Å²) in [6.45, 7) is 3.18. The van der Waals surface area contributed by atoms with E-state index in [1.165, 1.54) is 12.8 Å². The van der Waals surface area contributed by atoms with Crippen LogP contribution in [0.5, 0.6) is 0 Å². The molecule has 0 aromatic carbocycles. The smallest absolute Gasteiger partial charge is 0.253 e. The number of piperidine rings is 1. The Labute approximate surface area is 150 Å². The maximum absolute atomic E-state index is 12.3. The van der Waals surface area contributed by atoms with E-state index in [0.717, 1.165) is 48.3 Å². The first-order valence-electron chi connectivity index (χ1n) is 8.85. The molecule has 0 bridgehead atoms. The van der Waals surface area contributed by atoms with E-state index in [1.807, 2.05) is 0 Å². The van der Waals surface area contributed by atoms with Gasteiger partial charge < -0.3 is 9.64 Å². The molecule has 1 saturated heterocycles. The molecule has 0 radical (unpaired) electrons. The lowest BCUT2D eigenvalue weighted by Gasteiger charge is -2.31. The Balaban J connectivity index is 1.33. The minimum atomic E-state index is 0.0904. The van der Waals surface area contributed by atoms with E-state index in [4.69, 9.17) is 4.74 Å². The van der Waals surface area contributed by atoms with Crippen LogP contribution in [0.1, 0.15) is 42.3 Å². The summed E-state index contributed by atoms with van der Waals surface area (Å²) in [6, 6.07) is 1.73. The molecule has 134 valence electrons. The third-order valence-corrected chi connectivity index (χ3v) is 5.92. The summed E-state index contributed by atoms with van der Waals surface area (Å²) >= 11 is 1.60. The van der Waals surface area contributed by atoms with Gasteiger partial charge in [-0.2, -0.15) is 0 Å². The second-order valence-electron chi connectivity index (χ2n) is 6.92. The first-order chi connectivity index (χ1) is 12.2. The largest absolute Gasteiger partial charge is 0.377 e. The van der Waals surface area contributed by atoms with Gasteiger partial charge in [0.2, 0.25) is 5.13 Å². The molecule has 2 aliphatic rings. The fourth-order valence-corrected chi connectivity index (χ4v) is 4.18. The minimum absolute atomic E-state index is 0.0904. The summed E-state index contributed by atoms with van der Waals surface area (Å²) in [7, 11) is 1.67. The van der Waals surface area contributed by atoms with E-state index in [1.54, 1.807) is 35.4 Å². The van der Waals surface area contributed by atoms with Gasteiger partial charge in [0, 0.05) is 38.7 Å². The van der Waals surface area contributed by atoms with Crippen LogP contribution in [0.15, 0.2) is 17.2 Å². The highest BCUT2D eigenvalue weighted by molar-refractivity contribution is 7.15. The fourth-order valence-electron chi connectivity index (χ4n) is 3.32. The molecular weight excluding hydrogens is 338 g/mol. The third-order valence-electron chi connectivity index (χ3n) is 4.96. The Kier molecular flexibility index (Phi) is 4.80. The van der Waals surface area contributed by atoms with Crippen molar-refractivity contribution in [1.82, 2.24) is 19.7 Å². The van der Waals surface area contributed by atoms with Crippen molar-refractivity contribution in [2.45, 2.75) is 44.8 Å². The first kappa shape index (κ1) is 16.7. The molecule has 4 rings (SSSR count). The fraction of sp³-hybridized carbons (Fsp3) is 0.647. The Bertz CT molecular complexity index is 777. The zero-order valence-electron chi connectivity index (χ0n) is 14.4. The summed E-state index contributed by atoms with van der Waals surface area (Å²) < 4.78 is 6.87. The van der Waals surface area contributed by atoms with Crippen molar-refractivity contribution < 1.29 is 4.74 Å². The molecule has 2 aromatic heterocycles. The van der Waals surface area contributed by atoms with Crippen LogP contribution in [0.4, 0.5) is 5.13 Å². The first-order valence-corrected chi connectivity index (χ1v) is 9.67. The standard InChI is InChI=1S/C17H23N5O2S/c1-24-10-15-19-20-17(25-15)21-6-4-12(5-7-21)9-22-11-18-14(8-16(22)23)13-2-3-13/h8,11-13H,2-7,9-10H2,1H3. The van der Waals surface area contributed by atoms with Gasteiger partial charge in [0.15, 0.2) is 0 Å². The molecule has 7 nitrogen and oxygen atoms in total. The molecule has 0 N–H and O–H groups in total. The number of aromatic nitrogens is 4. The zero-order chi connectivity index (χ0) is 17.2. The van der Waals surface area contributed by atoms with Crippen LogP contribution in [-0.2, 0) is 17.9 Å². The molecule has 3 heterocycles. The number of anilines is 1. The van der Waals surface area contributed by atoms with Crippen LogP contribution >= 0.6 is 11.3 Å². The molecule has 0 amide bonds. The molecule has 25 heavy (non-hydrogen) atoms. The van der Waals surface area contributed by atoms with Gasteiger partial charge in [0.1, 0.15) is 11.6 Å². The summed E-state index contributed by atoms with van der Waals surface area (Å²) in [5, 5.41) is 10.3. The van der Waals surface area contributed by atoms with Gasteiger partial charge in [-0.1, -0.05) is 11.3 Å². The van der Waals surface area contributed by atoms with Gasteiger partial charge in [0.25, 0.3) is 5.56 Å². The Morgan fingerprint density at radius 2 is 2.04 bits per heavy atom. The SMILES string of the molecule is COCc1nnc(N2CCC(Cn3cnc(C4CC4)cc3=O)CC2)s1. The molecule has 2 aromatic rings. The number of nitrogens with zero attached hydrogens (tertiary/aromatic N) is 5. The van der Waals surface area contributed by atoms with Crippen molar-refractivity contribution in [3.63, 3.8) is 0 Å². The van der Waals surface area contributed by atoms with E-state index in [0.29, 0.717) is 18.4 Å². The Morgan fingerprint density at radius 1 is 1.24 bits per heavy atom. The lowest BCUT2D eigenvalue weighted by Crippen LogP contribution is -2.36. The van der Waals surface area contributed by atoms with Gasteiger partial charge in [-0.05, 0) is 31.6 Å². The quantitative estimate of drug-likeness (QED) is 0.784. The van der Waals surface area contributed by atoms with E-state index in [9.17, 15) is 4.79 Å². The van der Waals surface area contributed by atoms with Gasteiger partial charge >= 0.3 is 0 Å². The van der Waals surface area contributed by atoms with Gasteiger partial charge in [0.05, 0.1) is 12.0 Å². The third kappa shape index (κ3) is 3.90. The van der Waals surface area contributed by atoms with Crippen molar-refractivity contribution in [2.75, 3.05) is 25.1 Å². The number of ether oxygens (including phenoxy) is 1. The van der Waals surface area contributed by atoms with E-state index in [2.05, 4.69) is 20.1 Å². The van der Waals surface area contributed by atoms with Crippen molar-refractivity contribution in [2.24, 2.45) is 5.92 Å². The lowest BCUT2D eigenvalue weighted by molar-refractivity contribution is 0.184. The van der Waals surface area contributed by atoms with E-state index >= 15 is 0 Å². The molecule has 2 fully saturated rings. The van der Waals surface area contributed by atoms with Crippen LogP contribution in [-0.4, -0.2) is 39.9 Å². The maximum atomic E-state index is 12.3. The van der Waals surface area contributed by atoms with Crippen LogP contribution in [0.2, 0.25) is 0 Å². The molecule has 0 unspecified atom stereocenters. The second kappa shape index (κ2) is 7.21. The van der Waals surface area contributed by atoms with Crippen LogP contribution < -0.4 is 10.5 Å². The molecule has 1 aliphatic carbocycles. The predicted molar refractivity (Wildman–Crippen MR) is 96.0 cm³/mol. The maximum Gasteiger partial charge on any atom is 0.253 e. The minimum Gasteiger partial charge on any atom is -0.377 e. The zero-order valence-corrected chi connectivity index (χ0v) is 15.2. The summed E-state index contributed by atoms with van der Waals surface area (Å²) in [4.78, 5) is 19.0. The molecule has 8 heteroatoms. The average molecular weight is 361 g/mol. The Hall–Kier alpha value is -1.80. The van der Waals surface area contributed by atoms with Crippen molar-refractivity contribution in [1.29, 1.82) is 0 Å². The van der Waals surface area contributed by atoms with E-state index in [-0.39, 0.29) is 5.56 Å². The summed E-state index contributed by atoms with van der Waals surface area (Å²) in [5.74, 6) is 1.04. The lowest BCUT2D eigenvalue weighted by atomic mass is 9.97. The van der Waals surface area contributed by atoms with Gasteiger partial charge in [-0.3, -0.25) is 9.36 Å². The second-order valence-corrected chi connectivity index (χ2v) is 7.96. The van der Waals surface area contributed by atoms with Gasteiger partial charge in [-0.25, -0.2) is 4.98 Å². The molecule has 0 atom stereocenters.